The van der Waals surface area contributed by atoms with Gasteiger partial charge in [-0.1, -0.05) is 90.5 Å². The summed E-state index contributed by atoms with van der Waals surface area (Å²) in [4.78, 5) is 45.4. The van der Waals surface area contributed by atoms with Gasteiger partial charge in [-0.05, 0) is 35.9 Å². The van der Waals surface area contributed by atoms with E-state index in [0.717, 1.165) is 0 Å². The number of nitrogens with zero attached hydrogens (tertiary/aromatic N) is 1. The SMILES string of the molecule is O=C(c1ccccc1)C1C(c2ccc(Cl)cc2)C2(C(=O)c3ccccc3C2=O)C2C=Cc3cc(F)ccc3N12. The van der Waals surface area contributed by atoms with Crippen molar-refractivity contribution in [3.8, 4) is 0 Å². The molecule has 0 N–H and O–H groups in total. The number of carbonyl (C=O) groups is 3. The van der Waals surface area contributed by atoms with Crippen molar-refractivity contribution >= 4 is 40.7 Å². The van der Waals surface area contributed by atoms with Crippen LogP contribution in [-0.2, 0) is 0 Å². The van der Waals surface area contributed by atoms with Crippen LogP contribution in [0.25, 0.3) is 6.08 Å². The quantitative estimate of drug-likeness (QED) is 0.215. The van der Waals surface area contributed by atoms with Gasteiger partial charge in [0.2, 0.25) is 0 Å². The second-order valence-electron chi connectivity index (χ2n) is 10.2. The molecule has 0 saturated carbocycles. The average molecular weight is 534 g/mol. The van der Waals surface area contributed by atoms with E-state index < -0.39 is 29.2 Å². The predicted molar refractivity (Wildman–Crippen MR) is 148 cm³/mol. The highest BCUT2D eigenvalue weighted by atomic mass is 35.5. The fraction of sp³-hybridized carbons (Fsp3) is 0.121. The maximum atomic E-state index is 14.5. The summed E-state index contributed by atoms with van der Waals surface area (Å²) in [5, 5.41) is 0.502. The second-order valence-corrected chi connectivity index (χ2v) is 10.6. The standard InChI is InChI=1S/C33H21ClFNO3/c34-22-13-10-19(11-14-22)28-29(30(37)20-6-2-1-3-7-20)36-26-16-15-23(35)18-21(26)12-17-27(36)33(28)31(38)24-8-4-5-9-25(24)32(33)39/h1-18,27-29H. The van der Waals surface area contributed by atoms with Crippen molar-refractivity contribution in [3.05, 3.63) is 142 Å². The molecule has 2 aliphatic heterocycles. The van der Waals surface area contributed by atoms with Crippen LogP contribution in [0.4, 0.5) is 10.1 Å². The van der Waals surface area contributed by atoms with Crippen molar-refractivity contribution in [1.82, 2.24) is 0 Å². The molecule has 3 atom stereocenters. The van der Waals surface area contributed by atoms with Gasteiger partial charge in [0.15, 0.2) is 17.3 Å². The largest absolute Gasteiger partial charge is 0.352 e. The summed E-state index contributed by atoms with van der Waals surface area (Å²) < 4.78 is 14.3. The highest BCUT2D eigenvalue weighted by Crippen LogP contribution is 2.61. The van der Waals surface area contributed by atoms with Crippen LogP contribution in [-0.4, -0.2) is 29.4 Å². The van der Waals surface area contributed by atoms with E-state index in [2.05, 4.69) is 0 Å². The number of anilines is 1. The van der Waals surface area contributed by atoms with Crippen molar-refractivity contribution in [1.29, 1.82) is 0 Å². The third-order valence-corrected chi connectivity index (χ3v) is 8.57. The fourth-order valence-corrected chi connectivity index (χ4v) is 6.89. The van der Waals surface area contributed by atoms with Crippen LogP contribution in [0, 0.1) is 11.2 Å². The average Bonchev–Trinajstić information content (AvgIpc) is 3.39. The predicted octanol–water partition coefficient (Wildman–Crippen LogP) is 6.80. The number of benzene rings is 4. The van der Waals surface area contributed by atoms with Crippen molar-refractivity contribution in [2.24, 2.45) is 5.41 Å². The lowest BCUT2D eigenvalue weighted by molar-refractivity contribution is 0.0666. The van der Waals surface area contributed by atoms with Crippen molar-refractivity contribution in [2.45, 2.75) is 18.0 Å². The molecular weight excluding hydrogens is 513 g/mol. The third-order valence-electron chi connectivity index (χ3n) is 8.32. The molecule has 1 spiro atoms. The summed E-state index contributed by atoms with van der Waals surface area (Å²) >= 11 is 6.24. The molecule has 0 bridgehead atoms. The fourth-order valence-electron chi connectivity index (χ4n) is 6.76. The van der Waals surface area contributed by atoms with Gasteiger partial charge in [0.25, 0.3) is 0 Å². The maximum Gasteiger partial charge on any atom is 0.185 e. The molecule has 39 heavy (non-hydrogen) atoms. The van der Waals surface area contributed by atoms with Crippen LogP contribution in [0.1, 0.15) is 48.1 Å². The molecule has 7 rings (SSSR count). The van der Waals surface area contributed by atoms with Crippen LogP contribution in [0.15, 0.2) is 103 Å². The van der Waals surface area contributed by atoms with Crippen LogP contribution in [0.3, 0.4) is 0 Å². The van der Waals surface area contributed by atoms with Crippen LogP contribution >= 0.6 is 11.6 Å². The summed E-state index contributed by atoms with van der Waals surface area (Å²) in [6.45, 7) is 0. The molecule has 3 aliphatic rings. The minimum Gasteiger partial charge on any atom is -0.352 e. The van der Waals surface area contributed by atoms with E-state index >= 15 is 0 Å². The van der Waals surface area contributed by atoms with Gasteiger partial charge in [0.05, 0.1) is 6.04 Å². The highest BCUT2D eigenvalue weighted by Gasteiger charge is 2.71. The zero-order valence-electron chi connectivity index (χ0n) is 20.6. The van der Waals surface area contributed by atoms with Crippen LogP contribution in [0.2, 0.25) is 5.02 Å². The van der Waals surface area contributed by atoms with Crippen LogP contribution in [0.5, 0.6) is 0 Å². The van der Waals surface area contributed by atoms with E-state index in [1.165, 1.54) is 12.1 Å². The minimum atomic E-state index is -1.60. The number of ketones is 3. The topological polar surface area (TPSA) is 54.5 Å². The van der Waals surface area contributed by atoms with Crippen molar-refractivity contribution < 1.29 is 18.8 Å². The first kappa shape index (κ1) is 23.7. The van der Waals surface area contributed by atoms with Gasteiger partial charge in [-0.3, -0.25) is 14.4 Å². The number of Topliss-reactive ketones (excluding diaryl/α,β-unsaturated/α-hetero) is 3. The van der Waals surface area contributed by atoms with Gasteiger partial charge < -0.3 is 4.90 Å². The highest BCUT2D eigenvalue weighted by molar-refractivity contribution is 6.32. The van der Waals surface area contributed by atoms with E-state index in [4.69, 9.17) is 11.6 Å². The summed E-state index contributed by atoms with van der Waals surface area (Å²) in [6.07, 6.45) is 3.53. The Balaban J connectivity index is 1.55. The minimum absolute atomic E-state index is 0.223. The van der Waals surface area contributed by atoms with Gasteiger partial charge in [0, 0.05) is 38.9 Å². The first-order valence-corrected chi connectivity index (χ1v) is 13.1. The Kier molecular flexibility index (Phi) is 5.23. The number of hydrogen-bond donors (Lipinski definition) is 0. The molecule has 3 unspecified atom stereocenters. The molecule has 190 valence electrons. The number of fused-ring (bicyclic) bond motifs is 5. The van der Waals surface area contributed by atoms with Crippen molar-refractivity contribution in [2.75, 3.05) is 4.90 Å². The zero-order valence-corrected chi connectivity index (χ0v) is 21.3. The molecule has 1 fully saturated rings. The lowest BCUT2D eigenvalue weighted by Gasteiger charge is -2.37. The third kappa shape index (κ3) is 3.20. The number of hydrogen-bond acceptors (Lipinski definition) is 4. The maximum absolute atomic E-state index is 14.5. The Hall–Kier alpha value is -4.35. The molecule has 4 nitrogen and oxygen atoms in total. The molecular formula is C33H21ClFNO3. The molecule has 0 amide bonds. The normalized spacial score (nSPS) is 22.1. The van der Waals surface area contributed by atoms with Gasteiger partial charge in [-0.2, -0.15) is 0 Å². The summed E-state index contributed by atoms with van der Waals surface area (Å²) in [5.41, 5.74) is 1.42. The summed E-state index contributed by atoms with van der Waals surface area (Å²) in [5.74, 6) is -2.08. The van der Waals surface area contributed by atoms with E-state index in [-0.39, 0.29) is 17.3 Å². The lowest BCUT2D eigenvalue weighted by atomic mass is 9.64. The lowest BCUT2D eigenvalue weighted by Crippen LogP contribution is -2.48. The molecule has 4 aromatic rings. The van der Waals surface area contributed by atoms with Gasteiger partial charge in [-0.15, -0.1) is 0 Å². The summed E-state index contributed by atoms with van der Waals surface area (Å²) in [6, 6.07) is 25.4. The molecule has 0 radical (unpaired) electrons. The van der Waals surface area contributed by atoms with E-state index in [9.17, 15) is 18.8 Å². The first-order valence-electron chi connectivity index (χ1n) is 12.7. The van der Waals surface area contributed by atoms with Gasteiger partial charge >= 0.3 is 0 Å². The smallest absolute Gasteiger partial charge is 0.185 e. The Bertz CT molecular complexity index is 1680. The molecule has 4 aromatic carbocycles. The zero-order chi connectivity index (χ0) is 26.9. The molecule has 2 heterocycles. The van der Waals surface area contributed by atoms with Crippen molar-refractivity contribution in [3.63, 3.8) is 0 Å². The number of rotatable bonds is 3. The monoisotopic (exact) mass is 533 g/mol. The number of carbonyl (C=O) groups excluding carboxylic acids is 3. The Labute approximate surface area is 229 Å². The molecule has 0 aromatic heterocycles. The molecule has 1 aliphatic carbocycles. The van der Waals surface area contributed by atoms with Crippen LogP contribution < -0.4 is 4.90 Å². The second kappa shape index (κ2) is 8.58. The van der Waals surface area contributed by atoms with Gasteiger partial charge in [-0.25, -0.2) is 4.39 Å². The Morgan fingerprint density at radius 2 is 1.46 bits per heavy atom. The number of halogens is 2. The Morgan fingerprint density at radius 1 is 0.821 bits per heavy atom. The van der Waals surface area contributed by atoms with E-state index in [0.29, 0.717) is 38.5 Å². The molecule has 1 saturated heterocycles. The Morgan fingerprint density at radius 3 is 2.13 bits per heavy atom. The summed E-state index contributed by atoms with van der Waals surface area (Å²) in [7, 11) is 0. The molecule has 6 heteroatoms. The van der Waals surface area contributed by atoms with Gasteiger partial charge in [0.1, 0.15) is 17.3 Å². The van der Waals surface area contributed by atoms with E-state index in [1.807, 2.05) is 11.0 Å². The first-order chi connectivity index (χ1) is 18.9. The van der Waals surface area contributed by atoms with E-state index in [1.54, 1.807) is 91.0 Å².